The lowest BCUT2D eigenvalue weighted by Gasteiger charge is -2.14. The highest BCUT2D eigenvalue weighted by Gasteiger charge is 2.08. The summed E-state index contributed by atoms with van der Waals surface area (Å²) in [6.45, 7) is 3.82. The molecule has 0 unspecified atom stereocenters. The van der Waals surface area contributed by atoms with E-state index in [1.807, 2.05) is 7.05 Å². The number of hydrogen-bond acceptors (Lipinski definition) is 2. The summed E-state index contributed by atoms with van der Waals surface area (Å²) in [6.07, 6.45) is 3.50. The summed E-state index contributed by atoms with van der Waals surface area (Å²) >= 11 is 0. The molecule has 0 radical (unpaired) electrons. The van der Waals surface area contributed by atoms with Crippen molar-refractivity contribution >= 4 is 10.8 Å². The Labute approximate surface area is 127 Å². The SMILES string of the molecule is CCCCc1c(OCCNC)ccc2ccccc12.[Cl-]. The second kappa shape index (κ2) is 8.83. The fourth-order valence-electron chi connectivity index (χ4n) is 2.33. The highest BCUT2D eigenvalue weighted by Crippen LogP contribution is 2.29. The zero-order chi connectivity index (χ0) is 13.5. The molecule has 0 aliphatic heterocycles. The van der Waals surface area contributed by atoms with E-state index < -0.39 is 0 Å². The van der Waals surface area contributed by atoms with Crippen molar-refractivity contribution in [3.63, 3.8) is 0 Å². The maximum atomic E-state index is 5.92. The lowest BCUT2D eigenvalue weighted by atomic mass is 9.99. The van der Waals surface area contributed by atoms with Crippen LogP contribution in [0.5, 0.6) is 5.75 Å². The van der Waals surface area contributed by atoms with E-state index >= 15 is 0 Å². The minimum Gasteiger partial charge on any atom is -1.00 e. The summed E-state index contributed by atoms with van der Waals surface area (Å²) in [6, 6.07) is 12.8. The molecule has 3 heteroatoms. The molecule has 1 N–H and O–H groups in total. The van der Waals surface area contributed by atoms with Crippen LogP contribution in [0.1, 0.15) is 25.3 Å². The topological polar surface area (TPSA) is 21.3 Å². The highest BCUT2D eigenvalue weighted by molar-refractivity contribution is 5.87. The smallest absolute Gasteiger partial charge is 0.123 e. The Morgan fingerprint density at radius 1 is 1.10 bits per heavy atom. The molecule has 0 spiro atoms. The van der Waals surface area contributed by atoms with Gasteiger partial charge in [0.25, 0.3) is 0 Å². The first-order valence-electron chi connectivity index (χ1n) is 7.15. The predicted molar refractivity (Wildman–Crippen MR) is 82.0 cm³/mol. The van der Waals surface area contributed by atoms with Crippen LogP contribution >= 0.6 is 0 Å². The molecule has 0 saturated carbocycles. The Morgan fingerprint density at radius 3 is 2.65 bits per heavy atom. The van der Waals surface area contributed by atoms with Crippen molar-refractivity contribution in [2.45, 2.75) is 26.2 Å². The molecule has 0 atom stereocenters. The van der Waals surface area contributed by atoms with Crippen LogP contribution in [0.4, 0.5) is 0 Å². The van der Waals surface area contributed by atoms with Gasteiger partial charge in [0.1, 0.15) is 12.4 Å². The average molecular weight is 293 g/mol. The molecule has 0 aliphatic carbocycles. The standard InChI is InChI=1S/C17H23NO.ClH/c1-3-4-8-16-15-9-6-5-7-14(15)10-11-17(16)19-13-12-18-2;/h5-7,9-11,18H,3-4,8,12-13H2,1-2H3;1H/p-1. The molecular weight excluding hydrogens is 270 g/mol. The van der Waals surface area contributed by atoms with Gasteiger partial charge in [-0.05, 0) is 36.7 Å². The molecular formula is C17H23ClNO-. The number of ether oxygens (including phenoxy) is 1. The predicted octanol–water partition coefficient (Wildman–Crippen LogP) is 0.785. The minimum absolute atomic E-state index is 0. The van der Waals surface area contributed by atoms with Crippen LogP contribution in [0.3, 0.4) is 0 Å². The van der Waals surface area contributed by atoms with Crippen molar-refractivity contribution in [2.24, 2.45) is 0 Å². The molecule has 110 valence electrons. The normalized spacial score (nSPS) is 10.3. The summed E-state index contributed by atoms with van der Waals surface area (Å²) < 4.78 is 5.92. The molecule has 0 bridgehead atoms. The van der Waals surface area contributed by atoms with Crippen LogP contribution in [0.2, 0.25) is 0 Å². The largest absolute Gasteiger partial charge is 1.00 e. The van der Waals surface area contributed by atoms with Crippen molar-refractivity contribution in [3.05, 3.63) is 42.0 Å². The van der Waals surface area contributed by atoms with Crippen LogP contribution in [0.25, 0.3) is 10.8 Å². The number of benzene rings is 2. The van der Waals surface area contributed by atoms with Crippen molar-refractivity contribution in [1.29, 1.82) is 0 Å². The Kier molecular flexibility index (Phi) is 7.42. The first kappa shape index (κ1) is 16.8. The second-order valence-corrected chi connectivity index (χ2v) is 4.82. The molecule has 0 aliphatic rings. The summed E-state index contributed by atoms with van der Waals surface area (Å²) in [4.78, 5) is 0. The van der Waals surface area contributed by atoms with E-state index in [-0.39, 0.29) is 12.4 Å². The van der Waals surface area contributed by atoms with Crippen LogP contribution < -0.4 is 22.5 Å². The third-order valence-corrected chi connectivity index (χ3v) is 3.39. The summed E-state index contributed by atoms with van der Waals surface area (Å²) in [5, 5.41) is 5.74. The van der Waals surface area contributed by atoms with E-state index in [1.165, 1.54) is 29.2 Å². The molecule has 0 saturated heterocycles. The zero-order valence-corrected chi connectivity index (χ0v) is 13.0. The number of hydrogen-bond donors (Lipinski definition) is 1. The number of fused-ring (bicyclic) bond motifs is 1. The number of rotatable bonds is 7. The van der Waals surface area contributed by atoms with E-state index in [0.29, 0.717) is 6.61 Å². The Morgan fingerprint density at radius 2 is 1.90 bits per heavy atom. The quantitative estimate of drug-likeness (QED) is 0.762. The van der Waals surface area contributed by atoms with Crippen molar-refractivity contribution in [2.75, 3.05) is 20.2 Å². The summed E-state index contributed by atoms with van der Waals surface area (Å²) in [7, 11) is 1.95. The third-order valence-electron chi connectivity index (χ3n) is 3.39. The number of halogens is 1. The Balaban J connectivity index is 0.00000200. The molecule has 2 rings (SSSR count). The van der Waals surface area contributed by atoms with Gasteiger partial charge in [-0.3, -0.25) is 0 Å². The Hall–Kier alpha value is -1.25. The monoisotopic (exact) mass is 292 g/mol. The van der Waals surface area contributed by atoms with Gasteiger partial charge in [0.2, 0.25) is 0 Å². The second-order valence-electron chi connectivity index (χ2n) is 4.82. The van der Waals surface area contributed by atoms with Gasteiger partial charge in [0.15, 0.2) is 0 Å². The minimum atomic E-state index is 0. The molecule has 0 amide bonds. The number of aryl methyl sites for hydroxylation is 1. The first-order valence-corrected chi connectivity index (χ1v) is 7.15. The molecule has 0 fully saturated rings. The Bertz CT molecular complexity index is 527. The first-order chi connectivity index (χ1) is 9.36. The maximum Gasteiger partial charge on any atom is 0.123 e. The fraction of sp³-hybridized carbons (Fsp3) is 0.412. The number of nitrogens with one attached hydrogen (secondary N) is 1. The van der Waals surface area contributed by atoms with Crippen molar-refractivity contribution < 1.29 is 17.1 Å². The van der Waals surface area contributed by atoms with Gasteiger partial charge in [-0.25, -0.2) is 0 Å². The van der Waals surface area contributed by atoms with Gasteiger partial charge < -0.3 is 22.5 Å². The van der Waals surface area contributed by atoms with Gasteiger partial charge in [0.05, 0.1) is 0 Å². The number of likely N-dealkylation sites (N-methyl/N-ethyl adjacent to an activating group) is 1. The lowest BCUT2D eigenvalue weighted by molar-refractivity contribution is -0.00000436. The summed E-state index contributed by atoms with van der Waals surface area (Å²) in [5.74, 6) is 1.04. The summed E-state index contributed by atoms with van der Waals surface area (Å²) in [5.41, 5.74) is 1.36. The molecule has 2 aromatic carbocycles. The van der Waals surface area contributed by atoms with Gasteiger partial charge in [-0.15, -0.1) is 0 Å². The van der Waals surface area contributed by atoms with E-state index in [4.69, 9.17) is 4.74 Å². The van der Waals surface area contributed by atoms with Crippen LogP contribution in [0.15, 0.2) is 36.4 Å². The van der Waals surface area contributed by atoms with E-state index in [9.17, 15) is 0 Å². The zero-order valence-electron chi connectivity index (χ0n) is 12.3. The van der Waals surface area contributed by atoms with Gasteiger partial charge >= 0.3 is 0 Å². The van der Waals surface area contributed by atoms with Crippen molar-refractivity contribution in [3.8, 4) is 5.75 Å². The van der Waals surface area contributed by atoms with Gasteiger partial charge in [-0.1, -0.05) is 43.7 Å². The van der Waals surface area contributed by atoms with Crippen LogP contribution in [-0.2, 0) is 6.42 Å². The average Bonchev–Trinajstić information content (AvgIpc) is 2.46. The van der Waals surface area contributed by atoms with Crippen molar-refractivity contribution in [1.82, 2.24) is 5.32 Å². The highest BCUT2D eigenvalue weighted by atomic mass is 35.5. The van der Waals surface area contributed by atoms with Crippen LogP contribution in [-0.4, -0.2) is 20.2 Å². The van der Waals surface area contributed by atoms with E-state index in [0.717, 1.165) is 18.7 Å². The molecule has 20 heavy (non-hydrogen) atoms. The number of unbranched alkanes of at least 4 members (excludes halogenated alkanes) is 1. The van der Waals surface area contributed by atoms with Crippen LogP contribution in [0, 0.1) is 0 Å². The molecule has 0 aromatic heterocycles. The third kappa shape index (κ3) is 4.12. The van der Waals surface area contributed by atoms with Gasteiger partial charge in [-0.2, -0.15) is 0 Å². The van der Waals surface area contributed by atoms with E-state index in [1.54, 1.807) is 0 Å². The fourth-order valence-corrected chi connectivity index (χ4v) is 2.33. The van der Waals surface area contributed by atoms with Gasteiger partial charge in [0, 0.05) is 12.1 Å². The maximum absolute atomic E-state index is 5.92. The molecule has 2 aromatic rings. The lowest BCUT2D eigenvalue weighted by Crippen LogP contribution is -3.00. The van der Waals surface area contributed by atoms with E-state index in [2.05, 4.69) is 48.6 Å². The molecule has 2 nitrogen and oxygen atoms in total. The molecule has 0 heterocycles.